The maximum Gasteiger partial charge on any atom is 0.252 e. The number of fused-ring (bicyclic) bond motifs is 2. The number of halogens is 2. The van der Waals surface area contributed by atoms with Crippen molar-refractivity contribution in [2.24, 2.45) is 5.92 Å². The van der Waals surface area contributed by atoms with Crippen LogP contribution in [0.4, 0.5) is 0 Å². The molecule has 3 aromatic rings. The van der Waals surface area contributed by atoms with E-state index in [1.807, 2.05) is 19.9 Å². The van der Waals surface area contributed by atoms with Crippen LogP contribution in [0.2, 0.25) is 5.02 Å². The summed E-state index contributed by atoms with van der Waals surface area (Å²) in [7, 11) is 0. The number of carbonyl (C=O) groups is 1. The molecule has 194 valence electrons. The Balaban J connectivity index is 0.00000304. The molecule has 36 heavy (non-hydrogen) atoms. The number of rotatable bonds is 7. The molecule has 1 unspecified atom stereocenters. The molecule has 1 saturated heterocycles. The zero-order valence-corrected chi connectivity index (χ0v) is 22.3. The number of hydrogen-bond acceptors (Lipinski definition) is 5. The maximum atomic E-state index is 12.7. The molecule has 1 fully saturated rings. The molecular weight excluding hydrogens is 499 g/mol. The van der Waals surface area contributed by atoms with Crippen molar-refractivity contribution in [2.45, 2.75) is 33.0 Å². The van der Waals surface area contributed by atoms with E-state index in [-0.39, 0.29) is 30.8 Å². The number of hydrogen-bond donors (Lipinski definition) is 4. The summed E-state index contributed by atoms with van der Waals surface area (Å²) >= 11 is 6.65. The summed E-state index contributed by atoms with van der Waals surface area (Å²) in [6.45, 7) is 10.0. The molecule has 0 spiro atoms. The van der Waals surface area contributed by atoms with Gasteiger partial charge in [-0.15, -0.1) is 12.4 Å². The fourth-order valence-electron chi connectivity index (χ4n) is 5.20. The average Bonchev–Trinajstić information content (AvgIpc) is 3.44. The Morgan fingerprint density at radius 1 is 1.08 bits per heavy atom. The van der Waals surface area contributed by atoms with Gasteiger partial charge in [0.2, 0.25) is 0 Å². The lowest BCUT2D eigenvalue weighted by Crippen LogP contribution is -2.46. The summed E-state index contributed by atoms with van der Waals surface area (Å²) in [5.41, 5.74) is 5.86. The van der Waals surface area contributed by atoms with Crippen LogP contribution in [0, 0.1) is 5.92 Å². The minimum absolute atomic E-state index is 0. The highest BCUT2D eigenvalue weighted by atomic mass is 35.5. The van der Waals surface area contributed by atoms with Gasteiger partial charge in [-0.3, -0.25) is 14.6 Å². The van der Waals surface area contributed by atoms with Gasteiger partial charge < -0.3 is 20.5 Å². The van der Waals surface area contributed by atoms with E-state index in [2.05, 4.69) is 44.4 Å². The summed E-state index contributed by atoms with van der Waals surface area (Å²) in [5, 5.41) is 24.4. The first-order valence-electron chi connectivity index (χ1n) is 12.3. The van der Waals surface area contributed by atoms with Gasteiger partial charge in [-0.2, -0.15) is 0 Å². The van der Waals surface area contributed by atoms with Crippen LogP contribution in [-0.2, 0) is 13.1 Å². The Morgan fingerprint density at radius 3 is 2.50 bits per heavy atom. The fraction of sp³-hybridized carbons (Fsp3) is 0.444. The van der Waals surface area contributed by atoms with Gasteiger partial charge in [0.1, 0.15) is 0 Å². The number of H-pyrrole nitrogens is 1. The third-order valence-corrected chi connectivity index (χ3v) is 7.70. The summed E-state index contributed by atoms with van der Waals surface area (Å²) in [6, 6.07) is 10.4. The van der Waals surface area contributed by atoms with E-state index < -0.39 is 6.10 Å². The van der Waals surface area contributed by atoms with E-state index in [4.69, 9.17) is 16.7 Å². The van der Waals surface area contributed by atoms with Crippen LogP contribution in [0.25, 0.3) is 22.2 Å². The number of aromatic nitrogens is 1. The predicted molar refractivity (Wildman–Crippen MR) is 146 cm³/mol. The van der Waals surface area contributed by atoms with Crippen LogP contribution >= 0.6 is 24.0 Å². The summed E-state index contributed by atoms with van der Waals surface area (Å²) in [6.07, 6.45) is -0.712. The molecule has 2 aliphatic rings. The summed E-state index contributed by atoms with van der Waals surface area (Å²) < 4.78 is 0. The van der Waals surface area contributed by atoms with E-state index in [0.29, 0.717) is 22.7 Å². The van der Waals surface area contributed by atoms with Crippen LogP contribution in [0.15, 0.2) is 30.3 Å². The Labute approximate surface area is 222 Å². The number of benzene rings is 2. The molecule has 0 saturated carbocycles. The van der Waals surface area contributed by atoms with Crippen molar-refractivity contribution < 1.29 is 15.0 Å². The Morgan fingerprint density at radius 2 is 1.81 bits per heavy atom. The van der Waals surface area contributed by atoms with Gasteiger partial charge in [-0.1, -0.05) is 31.5 Å². The number of piperazine rings is 1. The number of carbonyl (C=O) groups excluding carboxylic acids is 1. The van der Waals surface area contributed by atoms with E-state index in [1.54, 1.807) is 0 Å². The zero-order chi connectivity index (χ0) is 24.7. The molecule has 7 nitrogen and oxygen atoms in total. The van der Waals surface area contributed by atoms with E-state index in [9.17, 15) is 9.90 Å². The third kappa shape index (κ3) is 5.14. The zero-order valence-electron chi connectivity index (χ0n) is 20.7. The second kappa shape index (κ2) is 11.1. The maximum absolute atomic E-state index is 12.7. The standard InChI is InChI=1S/C27H33ClN4O3.ClH/c1-16(2)26(34)20-13-19(24-21(25(20)28)14-29-27(24)35)23-12-18-11-17(3-4-22(18)30-23)15-32-7-5-31(6-8-32)9-10-33;/h3-4,11-13,16,26,30,33-34H,5-10,14-15H2,1-2H3,(H,29,35);1H. The highest BCUT2D eigenvalue weighted by Gasteiger charge is 2.30. The largest absolute Gasteiger partial charge is 0.395 e. The molecular formula is C27H34Cl2N4O3. The molecule has 0 aliphatic carbocycles. The van der Waals surface area contributed by atoms with Gasteiger partial charge in [0, 0.05) is 79.1 Å². The van der Waals surface area contributed by atoms with Crippen LogP contribution in [0.3, 0.4) is 0 Å². The Bertz CT molecular complexity index is 1250. The lowest BCUT2D eigenvalue weighted by atomic mass is 9.91. The number of aliphatic hydroxyl groups is 2. The molecule has 0 bridgehead atoms. The average molecular weight is 534 g/mol. The number of amides is 1. The second-order valence-corrected chi connectivity index (χ2v) is 10.4. The third-order valence-electron chi connectivity index (χ3n) is 7.25. The van der Waals surface area contributed by atoms with Crippen molar-refractivity contribution in [3.05, 3.63) is 57.6 Å². The first-order valence-corrected chi connectivity index (χ1v) is 12.7. The van der Waals surface area contributed by atoms with Crippen molar-refractivity contribution in [1.29, 1.82) is 0 Å². The van der Waals surface area contributed by atoms with Gasteiger partial charge in [0.25, 0.3) is 5.91 Å². The molecule has 9 heteroatoms. The van der Waals surface area contributed by atoms with E-state index in [0.717, 1.165) is 67.0 Å². The second-order valence-electron chi connectivity index (χ2n) is 10.00. The number of β-amino-alcohol motifs (C(OH)–C–C–N with tert-alkyl or cyclic N) is 1. The lowest BCUT2D eigenvalue weighted by Gasteiger charge is -2.34. The Hall–Kier alpha value is -2.13. The SMILES string of the molecule is CC(C)C(O)c1cc(-c2cc3cc(CN4CCN(CCO)CC4)ccc3[nH]2)c2c(c1Cl)CNC2=O.Cl. The molecule has 3 heterocycles. The van der Waals surface area contributed by atoms with Crippen LogP contribution in [0.1, 0.15) is 47.0 Å². The fourth-order valence-corrected chi connectivity index (χ4v) is 5.53. The smallest absolute Gasteiger partial charge is 0.252 e. The van der Waals surface area contributed by atoms with Gasteiger partial charge in [-0.25, -0.2) is 0 Å². The van der Waals surface area contributed by atoms with Gasteiger partial charge in [-0.05, 0) is 35.7 Å². The van der Waals surface area contributed by atoms with Crippen molar-refractivity contribution in [1.82, 2.24) is 20.1 Å². The van der Waals surface area contributed by atoms with E-state index >= 15 is 0 Å². The number of aliphatic hydroxyl groups excluding tert-OH is 2. The molecule has 0 radical (unpaired) electrons. The van der Waals surface area contributed by atoms with E-state index in [1.165, 1.54) is 5.56 Å². The number of nitrogens with zero attached hydrogens (tertiary/aromatic N) is 2. The minimum atomic E-state index is -0.712. The molecule has 1 aromatic heterocycles. The van der Waals surface area contributed by atoms with Crippen molar-refractivity contribution in [2.75, 3.05) is 39.3 Å². The normalized spacial score (nSPS) is 17.3. The monoisotopic (exact) mass is 532 g/mol. The predicted octanol–water partition coefficient (Wildman–Crippen LogP) is 3.95. The number of nitrogens with one attached hydrogen (secondary N) is 2. The lowest BCUT2D eigenvalue weighted by molar-refractivity contribution is 0.0966. The first kappa shape index (κ1) is 26.9. The van der Waals surface area contributed by atoms with Crippen LogP contribution in [0.5, 0.6) is 0 Å². The molecule has 4 N–H and O–H groups in total. The van der Waals surface area contributed by atoms with Gasteiger partial charge in [0.05, 0.1) is 23.3 Å². The highest BCUT2D eigenvalue weighted by molar-refractivity contribution is 6.33. The number of aromatic amines is 1. The van der Waals surface area contributed by atoms with Crippen molar-refractivity contribution in [3.63, 3.8) is 0 Å². The highest BCUT2D eigenvalue weighted by Crippen LogP contribution is 2.40. The Kier molecular flexibility index (Phi) is 8.29. The molecule has 2 aliphatic heterocycles. The van der Waals surface area contributed by atoms with Crippen molar-refractivity contribution in [3.8, 4) is 11.3 Å². The quantitative estimate of drug-likeness (QED) is 0.369. The molecule has 5 rings (SSSR count). The van der Waals surface area contributed by atoms with Gasteiger partial charge in [0.15, 0.2) is 0 Å². The van der Waals surface area contributed by atoms with Crippen molar-refractivity contribution >= 4 is 40.8 Å². The first-order chi connectivity index (χ1) is 16.9. The summed E-state index contributed by atoms with van der Waals surface area (Å²) in [4.78, 5) is 20.9. The molecule has 2 aromatic carbocycles. The van der Waals surface area contributed by atoms with Crippen LogP contribution < -0.4 is 5.32 Å². The minimum Gasteiger partial charge on any atom is -0.395 e. The summed E-state index contributed by atoms with van der Waals surface area (Å²) in [5.74, 6) is -0.138. The molecule has 1 atom stereocenters. The topological polar surface area (TPSA) is 91.8 Å². The molecule has 1 amide bonds. The van der Waals surface area contributed by atoms with Crippen LogP contribution in [-0.4, -0.2) is 70.2 Å². The van der Waals surface area contributed by atoms with Gasteiger partial charge >= 0.3 is 0 Å².